The molecule has 0 radical (unpaired) electrons. The molecule has 0 atom stereocenters. The summed E-state index contributed by atoms with van der Waals surface area (Å²) in [6.45, 7) is 0.425. The molecular formula is C18H22N4O3. The highest BCUT2D eigenvalue weighted by Crippen LogP contribution is 2.25. The first-order valence-corrected chi connectivity index (χ1v) is 8.65. The molecule has 7 nitrogen and oxygen atoms in total. The van der Waals surface area contributed by atoms with Gasteiger partial charge in [0, 0.05) is 11.6 Å². The Labute approximate surface area is 146 Å². The zero-order chi connectivity index (χ0) is 17.5. The van der Waals surface area contributed by atoms with E-state index in [4.69, 9.17) is 4.74 Å². The van der Waals surface area contributed by atoms with Gasteiger partial charge in [0.15, 0.2) is 0 Å². The number of hydrogen-bond acceptors (Lipinski definition) is 5. The third-order valence-electron chi connectivity index (χ3n) is 4.34. The zero-order valence-corrected chi connectivity index (χ0v) is 14.1. The summed E-state index contributed by atoms with van der Waals surface area (Å²) < 4.78 is 6.85. The molecule has 1 aliphatic carbocycles. The summed E-state index contributed by atoms with van der Waals surface area (Å²) in [5.74, 6) is 0.314. The summed E-state index contributed by atoms with van der Waals surface area (Å²) in [7, 11) is 0. The van der Waals surface area contributed by atoms with Crippen molar-refractivity contribution in [3.8, 4) is 5.75 Å². The Bertz CT molecular complexity index is 692. The maximum Gasteiger partial charge on any atom is 0.313 e. The maximum atomic E-state index is 12.2. The number of rotatable bonds is 6. The molecule has 1 amide bonds. The molecule has 7 heteroatoms. The molecule has 132 valence electrons. The third-order valence-corrected chi connectivity index (χ3v) is 4.34. The Kier molecular flexibility index (Phi) is 5.77. The quantitative estimate of drug-likeness (QED) is 0.644. The van der Waals surface area contributed by atoms with Crippen molar-refractivity contribution in [3.63, 3.8) is 0 Å². The number of hydrogen-bond donors (Lipinski definition) is 1. The van der Waals surface area contributed by atoms with Gasteiger partial charge in [-0.25, -0.2) is 4.98 Å². The van der Waals surface area contributed by atoms with E-state index >= 15 is 0 Å². The van der Waals surface area contributed by atoms with E-state index in [9.17, 15) is 9.59 Å². The van der Waals surface area contributed by atoms with Gasteiger partial charge in [0.25, 0.3) is 0 Å². The molecule has 1 heterocycles. The molecule has 1 N–H and O–H groups in total. The van der Waals surface area contributed by atoms with Gasteiger partial charge in [-0.1, -0.05) is 19.3 Å². The normalized spacial score (nSPS) is 14.9. The van der Waals surface area contributed by atoms with Crippen LogP contribution >= 0.6 is 0 Å². The standard InChI is InChI=1S/C18H22N4O3/c23-17(10-11-22-13-19-12-20-22)25-16-8-6-15(7-9-16)21-18(24)14-4-2-1-3-5-14/h6-9,12-14H,1-5,10-11H2,(H,21,24). The second kappa shape index (κ2) is 8.41. The Hall–Kier alpha value is -2.70. The van der Waals surface area contributed by atoms with Crippen molar-refractivity contribution in [3.05, 3.63) is 36.9 Å². The van der Waals surface area contributed by atoms with Crippen LogP contribution in [0.5, 0.6) is 5.75 Å². The van der Waals surface area contributed by atoms with Crippen LogP contribution in [0.25, 0.3) is 0 Å². The number of benzene rings is 1. The van der Waals surface area contributed by atoms with E-state index < -0.39 is 0 Å². The largest absolute Gasteiger partial charge is 0.426 e. The minimum absolute atomic E-state index is 0.0808. The van der Waals surface area contributed by atoms with Gasteiger partial charge >= 0.3 is 5.97 Å². The van der Waals surface area contributed by atoms with Crippen molar-refractivity contribution >= 4 is 17.6 Å². The van der Waals surface area contributed by atoms with Crippen LogP contribution in [0.3, 0.4) is 0 Å². The molecular weight excluding hydrogens is 320 g/mol. The van der Waals surface area contributed by atoms with Crippen molar-refractivity contribution in [2.45, 2.75) is 45.1 Å². The highest BCUT2D eigenvalue weighted by Gasteiger charge is 2.21. The molecule has 0 unspecified atom stereocenters. The van der Waals surface area contributed by atoms with Gasteiger partial charge in [0.2, 0.25) is 5.91 Å². The molecule has 0 aliphatic heterocycles. The number of carbonyl (C=O) groups excluding carboxylic acids is 2. The average Bonchev–Trinajstić information content (AvgIpc) is 3.16. The summed E-state index contributed by atoms with van der Waals surface area (Å²) in [5, 5.41) is 6.87. The molecule has 1 fully saturated rings. The highest BCUT2D eigenvalue weighted by molar-refractivity contribution is 5.92. The predicted molar refractivity (Wildman–Crippen MR) is 91.9 cm³/mol. The van der Waals surface area contributed by atoms with Gasteiger partial charge in [-0.15, -0.1) is 0 Å². The van der Waals surface area contributed by atoms with Crippen molar-refractivity contribution < 1.29 is 14.3 Å². The molecule has 0 bridgehead atoms. The fourth-order valence-corrected chi connectivity index (χ4v) is 2.95. The van der Waals surface area contributed by atoms with Crippen LogP contribution in [0.2, 0.25) is 0 Å². The number of nitrogens with one attached hydrogen (secondary N) is 1. The number of anilines is 1. The van der Waals surface area contributed by atoms with Crippen molar-refractivity contribution in [1.29, 1.82) is 0 Å². The van der Waals surface area contributed by atoms with Gasteiger partial charge in [-0.3, -0.25) is 14.3 Å². The minimum Gasteiger partial charge on any atom is -0.426 e. The first-order chi connectivity index (χ1) is 12.2. The maximum absolute atomic E-state index is 12.2. The van der Waals surface area contributed by atoms with E-state index in [0.717, 1.165) is 31.4 Å². The summed E-state index contributed by atoms with van der Waals surface area (Å²) in [6, 6.07) is 6.87. The van der Waals surface area contributed by atoms with Crippen molar-refractivity contribution in [2.24, 2.45) is 5.92 Å². The number of ether oxygens (including phenoxy) is 1. The average molecular weight is 342 g/mol. The zero-order valence-electron chi connectivity index (χ0n) is 14.1. The Morgan fingerprint density at radius 2 is 1.92 bits per heavy atom. The summed E-state index contributed by atoms with van der Waals surface area (Å²) in [5.41, 5.74) is 0.720. The second-order valence-corrected chi connectivity index (χ2v) is 6.23. The number of esters is 1. The van der Waals surface area contributed by atoms with Gasteiger partial charge in [0.1, 0.15) is 18.4 Å². The lowest BCUT2D eigenvalue weighted by Gasteiger charge is -2.20. The predicted octanol–water partition coefficient (Wildman–Crippen LogP) is 2.79. The lowest BCUT2D eigenvalue weighted by molar-refractivity contribution is -0.134. The molecule has 1 aromatic carbocycles. The SMILES string of the molecule is O=C(CCn1cncn1)Oc1ccc(NC(=O)C2CCCCC2)cc1. The highest BCUT2D eigenvalue weighted by atomic mass is 16.5. The second-order valence-electron chi connectivity index (χ2n) is 6.23. The van der Waals surface area contributed by atoms with Crippen LogP contribution in [-0.2, 0) is 16.1 Å². The first kappa shape index (κ1) is 17.1. The third kappa shape index (κ3) is 5.14. The summed E-state index contributed by atoms with van der Waals surface area (Å²) in [4.78, 5) is 27.9. The monoisotopic (exact) mass is 342 g/mol. The number of aromatic nitrogens is 3. The smallest absolute Gasteiger partial charge is 0.313 e. The lowest BCUT2D eigenvalue weighted by Crippen LogP contribution is -2.24. The summed E-state index contributed by atoms with van der Waals surface area (Å²) in [6.07, 6.45) is 8.59. The molecule has 0 spiro atoms. The fourth-order valence-electron chi connectivity index (χ4n) is 2.95. The van der Waals surface area contributed by atoms with Gasteiger partial charge in [-0.2, -0.15) is 5.10 Å². The minimum atomic E-state index is -0.338. The van der Waals surface area contributed by atoms with Crippen LogP contribution in [0.4, 0.5) is 5.69 Å². The first-order valence-electron chi connectivity index (χ1n) is 8.65. The lowest BCUT2D eigenvalue weighted by atomic mass is 9.88. The van der Waals surface area contributed by atoms with Gasteiger partial charge in [-0.05, 0) is 37.1 Å². The Balaban J connectivity index is 1.46. The number of amides is 1. The molecule has 1 saturated carbocycles. The Morgan fingerprint density at radius 3 is 2.60 bits per heavy atom. The van der Waals surface area contributed by atoms with E-state index in [1.165, 1.54) is 12.7 Å². The van der Waals surface area contributed by atoms with Crippen molar-refractivity contribution in [1.82, 2.24) is 14.8 Å². The number of nitrogens with zero attached hydrogens (tertiary/aromatic N) is 3. The number of aryl methyl sites for hydroxylation is 1. The van der Waals surface area contributed by atoms with Crippen molar-refractivity contribution in [2.75, 3.05) is 5.32 Å². The van der Waals surface area contributed by atoms with E-state index in [-0.39, 0.29) is 24.2 Å². The molecule has 2 aromatic rings. The molecule has 1 aromatic heterocycles. The van der Waals surface area contributed by atoms with Crippen LogP contribution in [0, 0.1) is 5.92 Å². The Morgan fingerprint density at radius 1 is 1.16 bits per heavy atom. The van der Waals surface area contributed by atoms with E-state index in [1.54, 1.807) is 35.3 Å². The van der Waals surface area contributed by atoms with Crippen LogP contribution < -0.4 is 10.1 Å². The molecule has 3 rings (SSSR count). The van der Waals surface area contributed by atoms with E-state index in [1.807, 2.05) is 0 Å². The molecule has 0 saturated heterocycles. The van der Waals surface area contributed by atoms with Crippen LogP contribution in [0.15, 0.2) is 36.9 Å². The van der Waals surface area contributed by atoms with E-state index in [0.29, 0.717) is 12.3 Å². The summed E-state index contributed by atoms with van der Waals surface area (Å²) >= 11 is 0. The fraction of sp³-hybridized carbons (Fsp3) is 0.444. The van der Waals surface area contributed by atoms with Gasteiger partial charge < -0.3 is 10.1 Å². The molecule has 25 heavy (non-hydrogen) atoms. The topological polar surface area (TPSA) is 86.1 Å². The van der Waals surface area contributed by atoms with Crippen LogP contribution in [0.1, 0.15) is 38.5 Å². The molecule has 1 aliphatic rings. The van der Waals surface area contributed by atoms with E-state index in [2.05, 4.69) is 15.4 Å². The number of carbonyl (C=O) groups is 2. The van der Waals surface area contributed by atoms with Gasteiger partial charge in [0.05, 0.1) is 13.0 Å². The van der Waals surface area contributed by atoms with Crippen LogP contribution in [-0.4, -0.2) is 26.6 Å².